The molecular weight excluding hydrogens is 238 g/mol. The third-order valence-corrected chi connectivity index (χ3v) is 3.13. The highest BCUT2D eigenvalue weighted by Gasteiger charge is 2.08. The molecule has 0 aliphatic rings. The minimum atomic E-state index is -0.00869. The van der Waals surface area contributed by atoms with Crippen molar-refractivity contribution < 1.29 is 4.79 Å². The largest absolute Gasteiger partial charge is 0.352 e. The summed E-state index contributed by atoms with van der Waals surface area (Å²) < 4.78 is 0. The number of hydrogen-bond donors (Lipinski definition) is 3. The van der Waals surface area contributed by atoms with Gasteiger partial charge in [-0.3, -0.25) is 10.6 Å². The van der Waals surface area contributed by atoms with Crippen molar-refractivity contribution in [2.75, 3.05) is 12.0 Å². The van der Waals surface area contributed by atoms with E-state index in [-0.39, 0.29) is 5.91 Å². The van der Waals surface area contributed by atoms with Crippen LogP contribution in [0.2, 0.25) is 0 Å². The summed E-state index contributed by atoms with van der Waals surface area (Å²) in [6.45, 7) is 7.08. The lowest BCUT2D eigenvalue weighted by atomic mass is 10.1. The zero-order valence-electron chi connectivity index (χ0n) is 12.1. The molecule has 106 valence electrons. The molecule has 4 heteroatoms. The van der Waals surface area contributed by atoms with Crippen LogP contribution in [0.25, 0.3) is 0 Å². The Bertz CT molecular complexity index is 416. The fourth-order valence-corrected chi connectivity index (χ4v) is 1.98. The van der Waals surface area contributed by atoms with Crippen LogP contribution in [0.15, 0.2) is 18.2 Å². The van der Waals surface area contributed by atoms with Crippen molar-refractivity contribution in [3.63, 3.8) is 0 Å². The predicted octanol–water partition coefficient (Wildman–Crippen LogP) is 2.84. The van der Waals surface area contributed by atoms with Gasteiger partial charge in [-0.2, -0.15) is 0 Å². The van der Waals surface area contributed by atoms with E-state index < -0.39 is 0 Å². The quantitative estimate of drug-likeness (QED) is 0.402. The predicted molar refractivity (Wildman–Crippen MR) is 80.0 cm³/mol. The normalized spacial score (nSPS) is 10.6. The molecule has 0 atom stereocenters. The van der Waals surface area contributed by atoms with E-state index in [4.69, 9.17) is 5.84 Å². The number of rotatable bonds is 7. The van der Waals surface area contributed by atoms with Crippen molar-refractivity contribution in [3.05, 3.63) is 29.3 Å². The van der Waals surface area contributed by atoms with Gasteiger partial charge in [-0.25, -0.2) is 0 Å². The topological polar surface area (TPSA) is 67.1 Å². The maximum Gasteiger partial charge on any atom is 0.251 e. The number of nitrogen functional groups attached to an aromatic ring is 1. The average Bonchev–Trinajstić information content (AvgIpc) is 2.37. The molecule has 4 nitrogen and oxygen atoms in total. The van der Waals surface area contributed by atoms with Gasteiger partial charge in [0.1, 0.15) is 0 Å². The van der Waals surface area contributed by atoms with Crippen LogP contribution in [0.1, 0.15) is 49.0 Å². The fourth-order valence-electron chi connectivity index (χ4n) is 1.98. The maximum absolute atomic E-state index is 12.0. The monoisotopic (exact) mass is 263 g/mol. The number of unbranched alkanes of at least 4 members (excludes halogenated alkanes) is 1. The van der Waals surface area contributed by atoms with E-state index in [1.165, 1.54) is 6.42 Å². The number of hydrogen-bond acceptors (Lipinski definition) is 3. The fraction of sp³-hybridized carbons (Fsp3) is 0.533. The minimum Gasteiger partial charge on any atom is -0.352 e. The van der Waals surface area contributed by atoms with Crippen molar-refractivity contribution in [1.29, 1.82) is 0 Å². The van der Waals surface area contributed by atoms with E-state index in [0.717, 1.165) is 36.6 Å². The van der Waals surface area contributed by atoms with Gasteiger partial charge in [0.05, 0.1) is 0 Å². The molecule has 0 aromatic heterocycles. The first-order valence-corrected chi connectivity index (χ1v) is 6.90. The van der Waals surface area contributed by atoms with Gasteiger partial charge in [0.15, 0.2) is 0 Å². The Labute approximate surface area is 115 Å². The van der Waals surface area contributed by atoms with Crippen LogP contribution in [0, 0.1) is 12.8 Å². The molecule has 0 unspecified atom stereocenters. The van der Waals surface area contributed by atoms with Crippen LogP contribution >= 0.6 is 0 Å². The van der Waals surface area contributed by atoms with Gasteiger partial charge in [-0.15, -0.1) is 0 Å². The summed E-state index contributed by atoms with van der Waals surface area (Å²) in [4.78, 5) is 12.0. The van der Waals surface area contributed by atoms with E-state index in [1.807, 2.05) is 13.0 Å². The Morgan fingerprint density at radius 2 is 2.05 bits per heavy atom. The Balaban J connectivity index is 2.41. The van der Waals surface area contributed by atoms with Crippen LogP contribution in [0.3, 0.4) is 0 Å². The second-order valence-corrected chi connectivity index (χ2v) is 5.32. The maximum atomic E-state index is 12.0. The van der Waals surface area contributed by atoms with Crippen molar-refractivity contribution in [2.24, 2.45) is 11.8 Å². The summed E-state index contributed by atoms with van der Waals surface area (Å²) in [5, 5.41) is 2.96. The summed E-state index contributed by atoms with van der Waals surface area (Å²) in [5.41, 5.74) is 5.02. The van der Waals surface area contributed by atoms with E-state index >= 15 is 0 Å². The molecule has 0 saturated carbocycles. The number of carbonyl (C=O) groups is 1. The first kappa shape index (κ1) is 15.5. The van der Waals surface area contributed by atoms with Gasteiger partial charge >= 0.3 is 0 Å². The van der Waals surface area contributed by atoms with Gasteiger partial charge in [0, 0.05) is 17.8 Å². The molecule has 0 bridgehead atoms. The van der Waals surface area contributed by atoms with E-state index in [1.54, 1.807) is 12.1 Å². The van der Waals surface area contributed by atoms with Crippen LogP contribution in [0.5, 0.6) is 0 Å². The van der Waals surface area contributed by atoms with Gasteiger partial charge in [0.25, 0.3) is 5.91 Å². The third-order valence-electron chi connectivity index (χ3n) is 3.13. The highest BCUT2D eigenvalue weighted by atomic mass is 16.1. The summed E-state index contributed by atoms with van der Waals surface area (Å²) in [5.74, 6) is 6.05. The molecule has 0 fully saturated rings. The smallest absolute Gasteiger partial charge is 0.251 e. The highest BCUT2D eigenvalue weighted by Crippen LogP contribution is 2.14. The van der Waals surface area contributed by atoms with E-state index in [9.17, 15) is 4.79 Å². The molecule has 0 aliphatic carbocycles. The Kier molecular flexibility index (Phi) is 6.36. The molecule has 0 aliphatic heterocycles. The standard InChI is InChI=1S/C15H25N3O/c1-11(2)6-4-5-9-17-15(19)14-8-7-13(18-16)10-12(14)3/h7-8,10-11,18H,4-6,9,16H2,1-3H3,(H,17,19). The number of hydrazine groups is 1. The minimum absolute atomic E-state index is 0.00869. The molecule has 1 aromatic carbocycles. The highest BCUT2D eigenvalue weighted by molar-refractivity contribution is 5.96. The summed E-state index contributed by atoms with van der Waals surface area (Å²) in [6, 6.07) is 5.47. The molecule has 0 radical (unpaired) electrons. The second-order valence-electron chi connectivity index (χ2n) is 5.32. The van der Waals surface area contributed by atoms with E-state index in [2.05, 4.69) is 24.6 Å². The Hall–Kier alpha value is -1.55. The Morgan fingerprint density at radius 3 is 2.63 bits per heavy atom. The molecule has 0 spiro atoms. The zero-order valence-corrected chi connectivity index (χ0v) is 12.1. The van der Waals surface area contributed by atoms with Gasteiger partial charge < -0.3 is 10.7 Å². The van der Waals surface area contributed by atoms with Crippen LogP contribution < -0.4 is 16.6 Å². The lowest BCUT2D eigenvalue weighted by Gasteiger charge is -2.09. The van der Waals surface area contributed by atoms with Crippen LogP contribution in [-0.4, -0.2) is 12.5 Å². The van der Waals surface area contributed by atoms with Gasteiger partial charge in [-0.05, 0) is 43.0 Å². The summed E-state index contributed by atoms with van der Waals surface area (Å²) in [6.07, 6.45) is 3.41. The lowest BCUT2D eigenvalue weighted by Crippen LogP contribution is -2.25. The van der Waals surface area contributed by atoms with Crippen molar-refractivity contribution in [1.82, 2.24) is 5.32 Å². The SMILES string of the molecule is Cc1cc(NN)ccc1C(=O)NCCCCC(C)C. The number of benzene rings is 1. The third kappa shape index (κ3) is 5.30. The first-order valence-electron chi connectivity index (χ1n) is 6.90. The number of carbonyl (C=O) groups excluding carboxylic acids is 1. The number of anilines is 1. The molecule has 4 N–H and O–H groups in total. The lowest BCUT2D eigenvalue weighted by molar-refractivity contribution is 0.0952. The van der Waals surface area contributed by atoms with E-state index in [0.29, 0.717) is 5.56 Å². The van der Waals surface area contributed by atoms with Crippen LogP contribution in [-0.2, 0) is 0 Å². The molecule has 1 aromatic rings. The zero-order chi connectivity index (χ0) is 14.3. The van der Waals surface area contributed by atoms with Gasteiger partial charge in [-0.1, -0.05) is 26.7 Å². The van der Waals surface area contributed by atoms with Crippen molar-refractivity contribution in [2.45, 2.75) is 40.0 Å². The molecule has 0 heterocycles. The first-order chi connectivity index (χ1) is 9.04. The second kappa shape index (κ2) is 7.79. The van der Waals surface area contributed by atoms with Crippen molar-refractivity contribution >= 4 is 11.6 Å². The molecule has 19 heavy (non-hydrogen) atoms. The number of nitrogens with two attached hydrogens (primary N) is 1. The van der Waals surface area contributed by atoms with Gasteiger partial charge in [0.2, 0.25) is 0 Å². The van der Waals surface area contributed by atoms with Crippen molar-refractivity contribution in [3.8, 4) is 0 Å². The van der Waals surface area contributed by atoms with Crippen LogP contribution in [0.4, 0.5) is 5.69 Å². The summed E-state index contributed by atoms with van der Waals surface area (Å²) >= 11 is 0. The molecule has 1 amide bonds. The molecular formula is C15H25N3O. The molecule has 0 saturated heterocycles. The Morgan fingerprint density at radius 1 is 1.32 bits per heavy atom. The average molecular weight is 263 g/mol. The number of nitrogens with one attached hydrogen (secondary N) is 2. The summed E-state index contributed by atoms with van der Waals surface area (Å²) in [7, 11) is 0. The molecule has 1 rings (SSSR count). The number of amides is 1. The number of aryl methyl sites for hydroxylation is 1.